The Balaban J connectivity index is 1.64. The lowest BCUT2D eigenvalue weighted by Gasteiger charge is -2.25. The van der Waals surface area contributed by atoms with E-state index in [-0.39, 0.29) is 24.3 Å². The van der Waals surface area contributed by atoms with Crippen molar-refractivity contribution in [2.75, 3.05) is 31.5 Å². The normalized spacial score (nSPS) is 21.3. The molecule has 3 N–H and O–H groups in total. The fourth-order valence-electron chi connectivity index (χ4n) is 3.66. The van der Waals surface area contributed by atoms with E-state index in [0.29, 0.717) is 13.0 Å². The average molecular weight is 371 g/mol. The maximum atomic E-state index is 12.9. The van der Waals surface area contributed by atoms with Crippen molar-refractivity contribution in [2.24, 2.45) is 10.7 Å². The van der Waals surface area contributed by atoms with Gasteiger partial charge < -0.3 is 20.9 Å². The Bertz CT molecular complexity index is 712. The van der Waals surface area contributed by atoms with E-state index in [1.807, 2.05) is 36.1 Å². The number of guanidine groups is 1. The van der Waals surface area contributed by atoms with Crippen LogP contribution in [-0.2, 0) is 9.59 Å². The molecule has 2 amide bonds. The van der Waals surface area contributed by atoms with E-state index in [1.54, 1.807) is 4.90 Å². The highest BCUT2D eigenvalue weighted by Crippen LogP contribution is 2.17. The molecule has 1 aromatic carbocycles. The summed E-state index contributed by atoms with van der Waals surface area (Å²) in [6.45, 7) is 4.36. The maximum Gasteiger partial charge on any atom is 0.247 e. The number of nitrogens with zero attached hydrogens (tertiary/aromatic N) is 3. The van der Waals surface area contributed by atoms with Crippen LogP contribution in [0.5, 0.6) is 0 Å². The minimum atomic E-state index is -0.531. The summed E-state index contributed by atoms with van der Waals surface area (Å²) in [5.41, 5.74) is 8.00. The first-order chi connectivity index (χ1) is 13.0. The van der Waals surface area contributed by atoms with Crippen molar-refractivity contribution in [3.63, 3.8) is 0 Å². The summed E-state index contributed by atoms with van der Waals surface area (Å²) in [7, 11) is 0. The second-order valence-electron chi connectivity index (χ2n) is 7.37. The van der Waals surface area contributed by atoms with Crippen LogP contribution in [0.1, 0.15) is 37.7 Å². The van der Waals surface area contributed by atoms with Crippen LogP contribution >= 0.6 is 0 Å². The SMILES string of the molecule is Cc1cccc(NC(N)=NC2CCCCN(CC(=O)N3CCCC3)C2=O)c1. The fourth-order valence-corrected chi connectivity index (χ4v) is 3.66. The lowest BCUT2D eigenvalue weighted by molar-refractivity contribution is -0.140. The Hall–Kier alpha value is -2.57. The number of carbonyl (C=O) groups is 2. The highest BCUT2D eigenvalue weighted by molar-refractivity contribution is 5.95. The summed E-state index contributed by atoms with van der Waals surface area (Å²) < 4.78 is 0. The Labute approximate surface area is 160 Å². The van der Waals surface area contributed by atoms with Crippen LogP contribution in [0.3, 0.4) is 0 Å². The van der Waals surface area contributed by atoms with Gasteiger partial charge >= 0.3 is 0 Å². The van der Waals surface area contributed by atoms with Gasteiger partial charge in [-0.05, 0) is 56.7 Å². The van der Waals surface area contributed by atoms with Gasteiger partial charge in [-0.1, -0.05) is 12.1 Å². The minimum absolute atomic E-state index is 0.0383. The summed E-state index contributed by atoms with van der Waals surface area (Å²) in [5, 5.41) is 3.05. The molecule has 2 aliphatic rings. The maximum absolute atomic E-state index is 12.9. The second kappa shape index (κ2) is 8.88. The molecule has 0 radical (unpaired) electrons. The lowest BCUT2D eigenvalue weighted by atomic mass is 10.1. The van der Waals surface area contributed by atoms with E-state index < -0.39 is 6.04 Å². The van der Waals surface area contributed by atoms with E-state index >= 15 is 0 Å². The first kappa shape index (κ1) is 19.2. The molecule has 1 aromatic rings. The topological polar surface area (TPSA) is 91.0 Å². The fraction of sp³-hybridized carbons (Fsp3) is 0.550. The smallest absolute Gasteiger partial charge is 0.247 e. The third-order valence-electron chi connectivity index (χ3n) is 5.12. The first-order valence-corrected chi connectivity index (χ1v) is 9.76. The molecule has 146 valence electrons. The number of carbonyl (C=O) groups excluding carboxylic acids is 2. The Morgan fingerprint density at radius 3 is 2.70 bits per heavy atom. The van der Waals surface area contributed by atoms with Gasteiger partial charge in [0.1, 0.15) is 6.04 Å². The molecule has 7 nitrogen and oxygen atoms in total. The number of rotatable bonds is 4. The van der Waals surface area contributed by atoms with E-state index in [0.717, 1.165) is 50.0 Å². The molecular formula is C20H29N5O2. The number of nitrogens with one attached hydrogen (secondary N) is 1. The van der Waals surface area contributed by atoms with Crippen LogP contribution in [0, 0.1) is 6.92 Å². The molecule has 2 aliphatic heterocycles. The molecule has 1 atom stereocenters. The Morgan fingerprint density at radius 2 is 1.96 bits per heavy atom. The highest BCUT2D eigenvalue weighted by Gasteiger charge is 2.30. The van der Waals surface area contributed by atoms with Crippen molar-refractivity contribution in [1.29, 1.82) is 0 Å². The Kier molecular flexibility index (Phi) is 6.32. The van der Waals surface area contributed by atoms with E-state index in [1.165, 1.54) is 0 Å². The average Bonchev–Trinajstić information content (AvgIpc) is 3.12. The summed E-state index contributed by atoms with van der Waals surface area (Å²) in [5.74, 6) is 0.164. The first-order valence-electron chi connectivity index (χ1n) is 9.76. The number of benzene rings is 1. The molecule has 0 spiro atoms. The number of amides is 2. The van der Waals surface area contributed by atoms with E-state index in [2.05, 4.69) is 10.3 Å². The van der Waals surface area contributed by atoms with Crippen LogP contribution in [0.4, 0.5) is 5.69 Å². The largest absolute Gasteiger partial charge is 0.370 e. The lowest BCUT2D eigenvalue weighted by Crippen LogP contribution is -2.45. The molecule has 0 bridgehead atoms. The number of aryl methyl sites for hydroxylation is 1. The summed E-state index contributed by atoms with van der Waals surface area (Å²) in [6.07, 6.45) is 4.53. The zero-order chi connectivity index (χ0) is 19.2. The number of nitrogens with two attached hydrogens (primary N) is 1. The van der Waals surface area contributed by atoms with Crippen molar-refractivity contribution in [2.45, 2.75) is 45.1 Å². The molecule has 7 heteroatoms. The Morgan fingerprint density at radius 1 is 1.22 bits per heavy atom. The van der Waals surface area contributed by atoms with Crippen molar-refractivity contribution in [1.82, 2.24) is 9.80 Å². The third kappa shape index (κ3) is 5.21. The summed E-state index contributed by atoms with van der Waals surface area (Å²) in [4.78, 5) is 33.3. The van der Waals surface area contributed by atoms with Gasteiger partial charge in [0, 0.05) is 25.3 Å². The van der Waals surface area contributed by atoms with Gasteiger partial charge in [-0.25, -0.2) is 4.99 Å². The van der Waals surface area contributed by atoms with E-state index in [9.17, 15) is 9.59 Å². The van der Waals surface area contributed by atoms with Gasteiger partial charge in [-0.15, -0.1) is 0 Å². The standard InChI is InChI=1S/C20H29N5O2/c1-15-7-6-8-16(13-15)22-20(21)23-17-9-2-3-12-25(19(17)27)14-18(26)24-10-4-5-11-24/h6-8,13,17H,2-5,9-12,14H2,1H3,(H3,21,22,23). The predicted molar refractivity (Wildman–Crippen MR) is 106 cm³/mol. The van der Waals surface area contributed by atoms with Crippen LogP contribution in [0.2, 0.25) is 0 Å². The molecule has 2 saturated heterocycles. The number of likely N-dealkylation sites (tertiary alicyclic amines) is 2. The van der Waals surface area contributed by atoms with Gasteiger partial charge in [0.15, 0.2) is 5.96 Å². The van der Waals surface area contributed by atoms with Gasteiger partial charge in [0.05, 0.1) is 6.54 Å². The zero-order valence-corrected chi connectivity index (χ0v) is 16.0. The highest BCUT2D eigenvalue weighted by atomic mass is 16.2. The molecular weight excluding hydrogens is 342 g/mol. The number of anilines is 1. The summed E-state index contributed by atoms with van der Waals surface area (Å²) >= 11 is 0. The van der Waals surface area contributed by atoms with E-state index in [4.69, 9.17) is 5.73 Å². The quantitative estimate of drug-likeness (QED) is 0.623. The van der Waals surface area contributed by atoms with Crippen LogP contribution in [-0.4, -0.2) is 59.8 Å². The van der Waals surface area contributed by atoms with Crippen LogP contribution < -0.4 is 11.1 Å². The third-order valence-corrected chi connectivity index (χ3v) is 5.12. The van der Waals surface area contributed by atoms with Crippen LogP contribution in [0.15, 0.2) is 29.3 Å². The van der Waals surface area contributed by atoms with Gasteiger partial charge in [-0.2, -0.15) is 0 Å². The summed E-state index contributed by atoms with van der Waals surface area (Å²) in [6, 6.07) is 7.29. The van der Waals surface area contributed by atoms with Crippen LogP contribution in [0.25, 0.3) is 0 Å². The van der Waals surface area contributed by atoms with Crippen molar-refractivity contribution in [3.05, 3.63) is 29.8 Å². The molecule has 2 fully saturated rings. The molecule has 0 saturated carbocycles. The van der Waals surface area contributed by atoms with Gasteiger partial charge in [0.2, 0.25) is 11.8 Å². The monoisotopic (exact) mass is 371 g/mol. The predicted octanol–water partition coefficient (Wildman–Crippen LogP) is 1.73. The van der Waals surface area contributed by atoms with Gasteiger partial charge in [0.25, 0.3) is 0 Å². The van der Waals surface area contributed by atoms with Crippen molar-refractivity contribution < 1.29 is 9.59 Å². The molecule has 27 heavy (non-hydrogen) atoms. The molecule has 3 rings (SSSR count). The number of hydrogen-bond acceptors (Lipinski definition) is 3. The minimum Gasteiger partial charge on any atom is -0.370 e. The second-order valence-corrected chi connectivity index (χ2v) is 7.37. The number of aliphatic imine (C=N–C) groups is 1. The zero-order valence-electron chi connectivity index (χ0n) is 16.0. The molecule has 1 unspecified atom stereocenters. The van der Waals surface area contributed by atoms with Crippen molar-refractivity contribution >= 4 is 23.5 Å². The molecule has 0 aliphatic carbocycles. The van der Waals surface area contributed by atoms with Gasteiger partial charge in [-0.3, -0.25) is 9.59 Å². The molecule has 0 aromatic heterocycles. The number of hydrogen-bond donors (Lipinski definition) is 2. The molecule has 2 heterocycles. The van der Waals surface area contributed by atoms with Crippen molar-refractivity contribution in [3.8, 4) is 0 Å².